The predicted molar refractivity (Wildman–Crippen MR) is 123 cm³/mol. The minimum atomic E-state index is 0.493. The lowest BCUT2D eigenvalue weighted by Crippen LogP contribution is -2.44. The van der Waals surface area contributed by atoms with E-state index < -0.39 is 0 Å². The lowest BCUT2D eigenvalue weighted by atomic mass is 10.2. The number of benzene rings is 1. The van der Waals surface area contributed by atoms with Gasteiger partial charge in [-0.1, -0.05) is 17.7 Å². The molecule has 0 amide bonds. The maximum Gasteiger partial charge on any atom is 0.229 e. The molecule has 0 radical (unpaired) electrons. The van der Waals surface area contributed by atoms with Gasteiger partial charge in [-0.15, -0.1) is 0 Å². The van der Waals surface area contributed by atoms with E-state index in [0.29, 0.717) is 23.3 Å². The van der Waals surface area contributed by atoms with Crippen LogP contribution >= 0.6 is 11.6 Å². The molecule has 0 saturated carbocycles. The summed E-state index contributed by atoms with van der Waals surface area (Å²) in [6.07, 6.45) is 4.19. The number of aromatic nitrogens is 3. The van der Waals surface area contributed by atoms with Gasteiger partial charge in [-0.05, 0) is 43.4 Å². The highest BCUT2D eigenvalue weighted by Crippen LogP contribution is 2.23. The van der Waals surface area contributed by atoms with Gasteiger partial charge in [-0.25, -0.2) is 4.98 Å². The van der Waals surface area contributed by atoms with E-state index in [1.807, 2.05) is 18.2 Å². The molecule has 3 heterocycles. The molecular formula is C22H26ClN7. The van der Waals surface area contributed by atoms with Crippen molar-refractivity contribution >= 4 is 34.7 Å². The minimum Gasteiger partial charge on any atom is -0.369 e. The number of hydrogen-bond donors (Lipinski definition) is 2. The van der Waals surface area contributed by atoms with Gasteiger partial charge in [0.25, 0.3) is 0 Å². The molecule has 4 rings (SSSR count). The quantitative estimate of drug-likeness (QED) is 0.600. The molecule has 1 aromatic carbocycles. The summed E-state index contributed by atoms with van der Waals surface area (Å²) in [6.45, 7) is 4.98. The van der Waals surface area contributed by atoms with Gasteiger partial charge in [0, 0.05) is 62.4 Å². The summed E-state index contributed by atoms with van der Waals surface area (Å²) in [7, 11) is 2.16. The van der Waals surface area contributed by atoms with E-state index in [0.717, 1.165) is 44.0 Å². The molecule has 2 aromatic heterocycles. The number of hydrogen-bond acceptors (Lipinski definition) is 7. The molecule has 1 aliphatic rings. The summed E-state index contributed by atoms with van der Waals surface area (Å²) in [5.41, 5.74) is 3.20. The van der Waals surface area contributed by atoms with Crippen molar-refractivity contribution < 1.29 is 0 Å². The van der Waals surface area contributed by atoms with E-state index in [-0.39, 0.29) is 0 Å². The lowest BCUT2D eigenvalue weighted by molar-refractivity contribution is 0.313. The van der Waals surface area contributed by atoms with E-state index in [1.165, 1.54) is 5.69 Å². The third-order valence-electron chi connectivity index (χ3n) is 5.14. The van der Waals surface area contributed by atoms with Crippen molar-refractivity contribution in [3.63, 3.8) is 0 Å². The average molecular weight is 424 g/mol. The molecule has 0 bridgehead atoms. The first kappa shape index (κ1) is 20.4. The van der Waals surface area contributed by atoms with Gasteiger partial charge in [0.15, 0.2) is 5.82 Å². The van der Waals surface area contributed by atoms with Gasteiger partial charge in [0.2, 0.25) is 5.95 Å². The smallest absolute Gasteiger partial charge is 0.229 e. The van der Waals surface area contributed by atoms with Crippen LogP contribution in [0.1, 0.15) is 5.69 Å². The second-order valence-corrected chi connectivity index (χ2v) is 7.76. The maximum atomic E-state index is 6.26. The summed E-state index contributed by atoms with van der Waals surface area (Å²) in [5.74, 6) is 1.12. The molecule has 3 aromatic rings. The van der Waals surface area contributed by atoms with Crippen LogP contribution in [0.4, 0.5) is 23.1 Å². The molecule has 8 heteroatoms. The van der Waals surface area contributed by atoms with Gasteiger partial charge in [-0.3, -0.25) is 4.98 Å². The van der Waals surface area contributed by atoms with Crippen molar-refractivity contribution in [2.24, 2.45) is 0 Å². The van der Waals surface area contributed by atoms with Gasteiger partial charge in [-0.2, -0.15) is 4.98 Å². The van der Waals surface area contributed by atoms with Crippen LogP contribution in [0.15, 0.2) is 54.9 Å². The summed E-state index contributed by atoms with van der Waals surface area (Å²) in [4.78, 5) is 17.9. The highest BCUT2D eigenvalue weighted by Gasteiger charge is 2.14. The Balaban J connectivity index is 1.35. The van der Waals surface area contributed by atoms with Crippen molar-refractivity contribution in [1.29, 1.82) is 0 Å². The number of anilines is 4. The van der Waals surface area contributed by atoms with E-state index >= 15 is 0 Å². The highest BCUT2D eigenvalue weighted by molar-refractivity contribution is 6.32. The first-order valence-corrected chi connectivity index (χ1v) is 10.5. The monoisotopic (exact) mass is 423 g/mol. The number of pyridine rings is 1. The van der Waals surface area contributed by atoms with Crippen molar-refractivity contribution in [3.8, 4) is 0 Å². The Morgan fingerprint density at radius 3 is 2.53 bits per heavy atom. The van der Waals surface area contributed by atoms with Crippen molar-refractivity contribution in [1.82, 2.24) is 19.9 Å². The van der Waals surface area contributed by atoms with Crippen LogP contribution in [-0.2, 0) is 6.42 Å². The second kappa shape index (κ2) is 9.73. The third-order valence-corrected chi connectivity index (χ3v) is 5.41. The van der Waals surface area contributed by atoms with Crippen LogP contribution in [-0.4, -0.2) is 59.6 Å². The number of likely N-dealkylation sites (N-methyl/N-ethyl adjacent to an activating group) is 1. The van der Waals surface area contributed by atoms with Crippen LogP contribution in [0.25, 0.3) is 0 Å². The van der Waals surface area contributed by atoms with Crippen LogP contribution < -0.4 is 15.5 Å². The Bertz CT molecular complexity index is 941. The fraction of sp³-hybridized carbons (Fsp3) is 0.318. The Labute approximate surface area is 182 Å². The molecule has 0 spiro atoms. The van der Waals surface area contributed by atoms with Gasteiger partial charge in [0.05, 0.1) is 6.20 Å². The lowest BCUT2D eigenvalue weighted by Gasteiger charge is -2.34. The summed E-state index contributed by atoms with van der Waals surface area (Å²) in [5, 5.41) is 7.02. The average Bonchev–Trinajstić information content (AvgIpc) is 2.78. The fourth-order valence-electron chi connectivity index (χ4n) is 3.36. The molecule has 1 fully saturated rings. The Morgan fingerprint density at radius 2 is 1.80 bits per heavy atom. The summed E-state index contributed by atoms with van der Waals surface area (Å²) >= 11 is 6.26. The SMILES string of the molecule is CN1CCN(c2ccc(Nc3ncc(Cl)c(NCCc4ccccn4)n3)cc2)CC1. The molecule has 0 unspecified atom stereocenters. The fourth-order valence-corrected chi connectivity index (χ4v) is 3.51. The van der Waals surface area contributed by atoms with E-state index in [4.69, 9.17) is 11.6 Å². The Kier molecular flexibility index (Phi) is 6.61. The van der Waals surface area contributed by atoms with Crippen LogP contribution in [0.2, 0.25) is 5.02 Å². The number of piperazine rings is 1. The maximum absolute atomic E-state index is 6.26. The number of nitrogens with zero attached hydrogens (tertiary/aromatic N) is 5. The molecule has 30 heavy (non-hydrogen) atoms. The van der Waals surface area contributed by atoms with E-state index in [2.05, 4.69) is 66.7 Å². The predicted octanol–water partition coefficient (Wildman–Crippen LogP) is 3.68. The number of rotatable bonds is 7. The van der Waals surface area contributed by atoms with Gasteiger partial charge < -0.3 is 20.4 Å². The van der Waals surface area contributed by atoms with Crippen molar-refractivity contribution in [2.45, 2.75) is 6.42 Å². The minimum absolute atomic E-state index is 0.493. The topological polar surface area (TPSA) is 69.2 Å². The van der Waals surface area contributed by atoms with Crippen LogP contribution in [0, 0.1) is 0 Å². The zero-order valence-corrected chi connectivity index (χ0v) is 17.8. The Morgan fingerprint density at radius 1 is 1.00 bits per heavy atom. The zero-order chi connectivity index (χ0) is 20.8. The zero-order valence-electron chi connectivity index (χ0n) is 17.1. The van der Waals surface area contributed by atoms with Crippen molar-refractivity contribution in [3.05, 3.63) is 65.6 Å². The molecule has 7 nitrogen and oxygen atoms in total. The Hall–Kier alpha value is -2.90. The van der Waals surface area contributed by atoms with Gasteiger partial charge >= 0.3 is 0 Å². The first-order valence-electron chi connectivity index (χ1n) is 10.1. The third kappa shape index (κ3) is 5.37. The van der Waals surface area contributed by atoms with Crippen LogP contribution in [0.3, 0.4) is 0 Å². The molecule has 0 atom stereocenters. The number of halogens is 1. The molecule has 1 saturated heterocycles. The highest BCUT2D eigenvalue weighted by atomic mass is 35.5. The second-order valence-electron chi connectivity index (χ2n) is 7.35. The molecule has 1 aliphatic heterocycles. The van der Waals surface area contributed by atoms with E-state index in [1.54, 1.807) is 12.4 Å². The summed E-state index contributed by atoms with van der Waals surface area (Å²) < 4.78 is 0. The molecule has 0 aliphatic carbocycles. The molecule has 2 N–H and O–H groups in total. The van der Waals surface area contributed by atoms with Crippen molar-refractivity contribution in [2.75, 3.05) is 55.3 Å². The largest absolute Gasteiger partial charge is 0.369 e. The number of nitrogens with one attached hydrogen (secondary N) is 2. The normalized spacial score (nSPS) is 14.5. The van der Waals surface area contributed by atoms with Crippen LogP contribution in [0.5, 0.6) is 0 Å². The first-order chi connectivity index (χ1) is 14.7. The molecule has 156 valence electrons. The van der Waals surface area contributed by atoms with Gasteiger partial charge in [0.1, 0.15) is 5.02 Å². The molecular weight excluding hydrogens is 398 g/mol. The summed E-state index contributed by atoms with van der Waals surface area (Å²) in [6, 6.07) is 14.3. The van der Waals surface area contributed by atoms with E-state index in [9.17, 15) is 0 Å². The standard InChI is InChI=1S/C22H26ClN7/c1-29-12-14-30(15-13-29)19-7-5-18(6-8-19)27-22-26-16-20(23)21(28-22)25-11-9-17-4-2-3-10-24-17/h2-8,10,16H,9,11-15H2,1H3,(H2,25,26,27,28).